The molecule has 7 heteroatoms. The Kier molecular flexibility index (Phi) is 3.38. The van der Waals surface area contributed by atoms with Gasteiger partial charge in [-0.3, -0.25) is 4.79 Å². The highest BCUT2D eigenvalue weighted by atomic mass is 16.5. The number of rotatable bonds is 2. The summed E-state index contributed by atoms with van der Waals surface area (Å²) < 4.78 is 10.0. The van der Waals surface area contributed by atoms with E-state index >= 15 is 0 Å². The molecule has 2 aromatic carbocycles. The van der Waals surface area contributed by atoms with Crippen molar-refractivity contribution < 1.29 is 24.2 Å². The number of ether oxygens (including phenoxy) is 1. The van der Waals surface area contributed by atoms with Crippen LogP contribution >= 0.6 is 0 Å². The molecule has 7 nitrogen and oxygen atoms in total. The number of carbonyl (C=O) groups excluding carboxylic acids is 1. The van der Waals surface area contributed by atoms with Crippen LogP contribution < -0.4 is 15.9 Å². The summed E-state index contributed by atoms with van der Waals surface area (Å²) in [6.07, 6.45) is 0.177. The molecule has 0 saturated heterocycles. The Morgan fingerprint density at radius 1 is 1.13 bits per heavy atom. The van der Waals surface area contributed by atoms with Crippen LogP contribution in [0, 0.1) is 0 Å². The maximum atomic E-state index is 12.6. The Morgan fingerprint density at radius 3 is 2.48 bits per heavy atom. The maximum absolute atomic E-state index is 12.6. The van der Waals surface area contributed by atoms with Crippen LogP contribution in [0.5, 0.6) is 17.2 Å². The average molecular weight is 313 g/mol. The maximum Gasteiger partial charge on any atom is 0.409 e. The zero-order valence-electron chi connectivity index (χ0n) is 11.6. The summed E-state index contributed by atoms with van der Waals surface area (Å²) >= 11 is 0. The molecule has 0 fully saturated rings. The Hall–Kier alpha value is -3.48. The van der Waals surface area contributed by atoms with Crippen LogP contribution in [0.2, 0.25) is 0 Å². The van der Waals surface area contributed by atoms with Crippen molar-refractivity contribution in [1.29, 1.82) is 0 Å². The molecule has 0 saturated carbocycles. The first kappa shape index (κ1) is 14.5. The molecule has 1 heterocycles. The van der Waals surface area contributed by atoms with Crippen LogP contribution in [-0.4, -0.2) is 16.3 Å². The number of nitrogens with two attached hydrogens (primary N) is 1. The van der Waals surface area contributed by atoms with Gasteiger partial charge in [0.05, 0.1) is 5.56 Å². The summed E-state index contributed by atoms with van der Waals surface area (Å²) in [5.74, 6) is -0.369. The highest BCUT2D eigenvalue weighted by molar-refractivity contribution is 5.88. The number of amides is 1. The summed E-state index contributed by atoms with van der Waals surface area (Å²) in [6, 6.07) is 8.35. The summed E-state index contributed by atoms with van der Waals surface area (Å²) in [7, 11) is 0. The molecule has 0 radical (unpaired) electrons. The lowest BCUT2D eigenvalue weighted by atomic mass is 10.0. The highest BCUT2D eigenvalue weighted by Crippen LogP contribution is 2.30. The highest BCUT2D eigenvalue weighted by Gasteiger charge is 2.15. The quantitative estimate of drug-likeness (QED) is 0.667. The lowest BCUT2D eigenvalue weighted by molar-refractivity contribution is 0.211. The number of phenols is 2. The predicted octanol–water partition coefficient (Wildman–Crippen LogP) is 2.33. The summed E-state index contributed by atoms with van der Waals surface area (Å²) in [4.78, 5) is 23.3. The Bertz CT molecular complexity index is 959. The predicted molar refractivity (Wildman–Crippen MR) is 81.5 cm³/mol. The Balaban J connectivity index is 2.19. The molecule has 4 N–H and O–H groups in total. The number of aromatic hydroxyl groups is 2. The average Bonchev–Trinajstić information content (AvgIpc) is 2.47. The van der Waals surface area contributed by atoms with Gasteiger partial charge in [-0.15, -0.1) is 0 Å². The summed E-state index contributed by atoms with van der Waals surface area (Å²) in [5, 5.41) is 19.3. The van der Waals surface area contributed by atoms with Gasteiger partial charge in [-0.2, -0.15) is 0 Å². The fourth-order valence-corrected chi connectivity index (χ4v) is 2.22. The number of carbonyl (C=O) groups is 1. The number of benzene rings is 2. The van der Waals surface area contributed by atoms with E-state index < -0.39 is 17.3 Å². The topological polar surface area (TPSA) is 123 Å². The third-order valence-corrected chi connectivity index (χ3v) is 3.23. The monoisotopic (exact) mass is 313 g/mol. The van der Waals surface area contributed by atoms with Crippen molar-refractivity contribution in [3.63, 3.8) is 0 Å². The van der Waals surface area contributed by atoms with Gasteiger partial charge in [-0.05, 0) is 17.7 Å². The molecule has 1 aromatic heterocycles. The SMILES string of the molecule is NC(=O)Oc1cc(O)c2c(=O)c(-c3ccc(O)cc3)coc2c1. The molecule has 23 heavy (non-hydrogen) atoms. The molecular weight excluding hydrogens is 302 g/mol. The van der Waals surface area contributed by atoms with Crippen molar-refractivity contribution >= 4 is 17.1 Å². The number of primary amides is 1. The van der Waals surface area contributed by atoms with Crippen molar-refractivity contribution in [3.8, 4) is 28.4 Å². The molecular formula is C16H11NO6. The zero-order valence-corrected chi connectivity index (χ0v) is 11.6. The van der Waals surface area contributed by atoms with Crippen LogP contribution in [0.1, 0.15) is 0 Å². The van der Waals surface area contributed by atoms with Gasteiger partial charge in [0.2, 0.25) is 5.43 Å². The van der Waals surface area contributed by atoms with Crippen LogP contribution in [0.3, 0.4) is 0 Å². The van der Waals surface area contributed by atoms with Crippen LogP contribution in [0.25, 0.3) is 22.1 Å². The van der Waals surface area contributed by atoms with Crippen LogP contribution in [0.15, 0.2) is 51.9 Å². The molecule has 0 aliphatic carbocycles. The van der Waals surface area contributed by atoms with E-state index in [0.717, 1.165) is 6.07 Å². The molecule has 0 aliphatic rings. The van der Waals surface area contributed by atoms with Gasteiger partial charge < -0.3 is 25.1 Å². The number of fused-ring (bicyclic) bond motifs is 1. The lowest BCUT2D eigenvalue weighted by Crippen LogP contribution is -2.16. The van der Waals surface area contributed by atoms with E-state index in [1.807, 2.05) is 0 Å². The van der Waals surface area contributed by atoms with Crippen molar-refractivity contribution in [2.24, 2.45) is 5.73 Å². The fraction of sp³-hybridized carbons (Fsp3) is 0. The second-order valence-electron chi connectivity index (χ2n) is 4.76. The first-order valence-electron chi connectivity index (χ1n) is 6.51. The van der Waals surface area contributed by atoms with E-state index in [-0.39, 0.29) is 28.0 Å². The van der Waals surface area contributed by atoms with Crippen molar-refractivity contribution in [3.05, 3.63) is 52.9 Å². The minimum Gasteiger partial charge on any atom is -0.508 e. The van der Waals surface area contributed by atoms with Gasteiger partial charge >= 0.3 is 6.09 Å². The van der Waals surface area contributed by atoms with E-state index in [0.29, 0.717) is 5.56 Å². The van der Waals surface area contributed by atoms with E-state index in [9.17, 15) is 19.8 Å². The van der Waals surface area contributed by atoms with E-state index in [1.165, 1.54) is 24.5 Å². The van der Waals surface area contributed by atoms with E-state index in [2.05, 4.69) is 4.74 Å². The lowest BCUT2D eigenvalue weighted by Gasteiger charge is -2.07. The molecule has 3 aromatic rings. The van der Waals surface area contributed by atoms with Crippen molar-refractivity contribution in [2.45, 2.75) is 0 Å². The minimum absolute atomic E-state index is 0.0389. The summed E-state index contributed by atoms with van der Waals surface area (Å²) in [5.41, 5.74) is 5.24. The number of hydrogen-bond donors (Lipinski definition) is 3. The molecule has 0 aliphatic heterocycles. The largest absolute Gasteiger partial charge is 0.508 e. The third kappa shape index (κ3) is 2.67. The van der Waals surface area contributed by atoms with Crippen LogP contribution in [0.4, 0.5) is 4.79 Å². The van der Waals surface area contributed by atoms with Crippen LogP contribution in [-0.2, 0) is 0 Å². The molecule has 0 bridgehead atoms. The second-order valence-corrected chi connectivity index (χ2v) is 4.76. The third-order valence-electron chi connectivity index (χ3n) is 3.23. The molecule has 0 spiro atoms. The van der Waals surface area contributed by atoms with Crippen molar-refractivity contribution in [2.75, 3.05) is 0 Å². The van der Waals surface area contributed by atoms with Crippen molar-refractivity contribution in [1.82, 2.24) is 0 Å². The molecule has 1 amide bonds. The second kappa shape index (κ2) is 5.38. The van der Waals surface area contributed by atoms with Gasteiger partial charge in [-0.25, -0.2) is 4.79 Å². The minimum atomic E-state index is -1.05. The Morgan fingerprint density at radius 2 is 1.83 bits per heavy atom. The fourth-order valence-electron chi connectivity index (χ4n) is 2.22. The van der Waals surface area contributed by atoms with E-state index in [4.69, 9.17) is 10.2 Å². The van der Waals surface area contributed by atoms with Gasteiger partial charge in [0.1, 0.15) is 34.5 Å². The normalized spacial score (nSPS) is 10.6. The standard InChI is InChI=1S/C16H11NO6/c17-16(21)23-10-5-12(19)14-13(6-10)22-7-11(15(14)20)8-1-3-9(18)4-2-8/h1-7,18-19H,(H2,17,21). The summed E-state index contributed by atoms with van der Waals surface area (Å²) in [6.45, 7) is 0. The first-order valence-corrected chi connectivity index (χ1v) is 6.51. The van der Waals surface area contributed by atoms with Gasteiger partial charge in [0.15, 0.2) is 0 Å². The van der Waals surface area contributed by atoms with E-state index in [1.54, 1.807) is 12.1 Å². The molecule has 3 rings (SSSR count). The van der Waals surface area contributed by atoms with Gasteiger partial charge in [0.25, 0.3) is 0 Å². The Labute approximate surface area is 129 Å². The molecule has 0 atom stereocenters. The molecule has 0 unspecified atom stereocenters. The van der Waals surface area contributed by atoms with Gasteiger partial charge in [-0.1, -0.05) is 12.1 Å². The zero-order chi connectivity index (χ0) is 16.6. The number of hydrogen-bond acceptors (Lipinski definition) is 6. The molecule has 116 valence electrons. The smallest absolute Gasteiger partial charge is 0.409 e. The van der Waals surface area contributed by atoms with Gasteiger partial charge in [0, 0.05) is 12.1 Å². The number of phenolic OH excluding ortho intramolecular Hbond substituents is 2. The first-order chi connectivity index (χ1) is 11.0.